The SMILES string of the molecule is CCCCN1C(=O)[C@@H]([C@H](O)C2CCCCC2)NC(=O)C12CCN(C(/C=C/c1ccccc1)c1ccccc1)CC2. The van der Waals surface area contributed by atoms with Crippen molar-refractivity contribution in [3.63, 3.8) is 0 Å². The van der Waals surface area contributed by atoms with Crippen molar-refractivity contribution in [2.24, 2.45) is 5.92 Å². The van der Waals surface area contributed by atoms with Crippen molar-refractivity contribution in [1.29, 1.82) is 0 Å². The molecular weight excluding hydrogens is 498 g/mol. The number of aliphatic hydroxyl groups excluding tert-OH is 1. The van der Waals surface area contributed by atoms with Gasteiger partial charge in [0.05, 0.1) is 12.1 Å². The first-order valence-electron chi connectivity index (χ1n) is 15.4. The fraction of sp³-hybridized carbons (Fsp3) is 0.529. The Morgan fingerprint density at radius 3 is 2.27 bits per heavy atom. The van der Waals surface area contributed by atoms with Gasteiger partial charge in [-0.25, -0.2) is 0 Å². The molecule has 3 aliphatic rings. The summed E-state index contributed by atoms with van der Waals surface area (Å²) in [5.74, 6) is -0.100. The van der Waals surface area contributed by atoms with Crippen LogP contribution in [0, 0.1) is 5.92 Å². The fourth-order valence-electron chi connectivity index (χ4n) is 6.99. The molecule has 2 N–H and O–H groups in total. The van der Waals surface area contributed by atoms with Crippen LogP contribution in [0.25, 0.3) is 6.08 Å². The van der Waals surface area contributed by atoms with Crippen molar-refractivity contribution in [2.75, 3.05) is 19.6 Å². The van der Waals surface area contributed by atoms with Gasteiger partial charge in [-0.05, 0) is 49.1 Å². The third-order valence-corrected chi connectivity index (χ3v) is 9.40. The number of nitrogens with one attached hydrogen (secondary N) is 1. The molecule has 3 atom stereocenters. The molecular formula is C34H45N3O3. The second-order valence-electron chi connectivity index (χ2n) is 11.9. The number of nitrogens with zero attached hydrogens (tertiary/aromatic N) is 2. The Hall–Kier alpha value is -2.96. The van der Waals surface area contributed by atoms with Gasteiger partial charge in [0.1, 0.15) is 11.6 Å². The highest BCUT2D eigenvalue weighted by molar-refractivity contribution is 6.00. The highest BCUT2D eigenvalue weighted by Gasteiger charge is 2.55. The van der Waals surface area contributed by atoms with Gasteiger partial charge in [-0.15, -0.1) is 0 Å². The summed E-state index contributed by atoms with van der Waals surface area (Å²) in [6.07, 6.45) is 11.8. The van der Waals surface area contributed by atoms with E-state index in [4.69, 9.17) is 0 Å². The molecule has 2 amide bonds. The molecule has 1 spiro atoms. The topological polar surface area (TPSA) is 72.9 Å². The molecule has 2 saturated heterocycles. The zero-order chi connectivity index (χ0) is 28.0. The molecule has 2 aliphatic heterocycles. The van der Waals surface area contributed by atoms with Gasteiger partial charge in [0.25, 0.3) is 0 Å². The fourth-order valence-corrected chi connectivity index (χ4v) is 6.99. The minimum Gasteiger partial charge on any atom is -0.390 e. The largest absolute Gasteiger partial charge is 0.390 e. The van der Waals surface area contributed by atoms with Gasteiger partial charge in [0, 0.05) is 19.6 Å². The number of carbonyl (C=O) groups excluding carboxylic acids is 2. The van der Waals surface area contributed by atoms with Gasteiger partial charge in [-0.1, -0.05) is 105 Å². The number of hydrogen-bond donors (Lipinski definition) is 2. The van der Waals surface area contributed by atoms with Gasteiger partial charge in [0.15, 0.2) is 0 Å². The molecule has 3 fully saturated rings. The monoisotopic (exact) mass is 543 g/mol. The molecule has 2 aromatic rings. The van der Waals surface area contributed by atoms with Crippen LogP contribution in [0.2, 0.25) is 0 Å². The van der Waals surface area contributed by atoms with Crippen molar-refractivity contribution >= 4 is 17.9 Å². The maximum Gasteiger partial charge on any atom is 0.248 e. The van der Waals surface area contributed by atoms with Crippen LogP contribution in [0.15, 0.2) is 66.7 Å². The molecule has 40 heavy (non-hydrogen) atoms. The van der Waals surface area contributed by atoms with E-state index in [2.05, 4.69) is 65.7 Å². The Morgan fingerprint density at radius 1 is 0.975 bits per heavy atom. The van der Waals surface area contributed by atoms with E-state index in [9.17, 15) is 14.7 Å². The van der Waals surface area contributed by atoms with Crippen LogP contribution in [-0.2, 0) is 9.59 Å². The summed E-state index contributed by atoms with van der Waals surface area (Å²) in [4.78, 5) is 32.1. The highest BCUT2D eigenvalue weighted by Crippen LogP contribution is 2.38. The number of likely N-dealkylation sites (tertiary alicyclic amines) is 1. The van der Waals surface area contributed by atoms with Gasteiger partial charge < -0.3 is 15.3 Å². The van der Waals surface area contributed by atoms with E-state index in [0.717, 1.165) is 44.1 Å². The lowest BCUT2D eigenvalue weighted by Gasteiger charge is -2.53. The van der Waals surface area contributed by atoms with E-state index in [1.165, 1.54) is 12.0 Å². The number of carbonyl (C=O) groups is 2. The predicted molar refractivity (Wildman–Crippen MR) is 159 cm³/mol. The molecule has 2 heterocycles. The molecule has 5 rings (SSSR count). The molecule has 1 unspecified atom stereocenters. The van der Waals surface area contributed by atoms with Gasteiger partial charge in [-0.2, -0.15) is 0 Å². The lowest BCUT2D eigenvalue weighted by molar-refractivity contribution is -0.166. The van der Waals surface area contributed by atoms with Crippen LogP contribution < -0.4 is 5.32 Å². The number of benzene rings is 2. The lowest BCUT2D eigenvalue weighted by atomic mass is 9.77. The summed E-state index contributed by atoms with van der Waals surface area (Å²) in [6, 6.07) is 20.1. The number of rotatable bonds is 9. The van der Waals surface area contributed by atoms with Crippen LogP contribution in [0.3, 0.4) is 0 Å². The van der Waals surface area contributed by atoms with Crippen LogP contribution in [-0.4, -0.2) is 64.0 Å². The zero-order valence-corrected chi connectivity index (χ0v) is 23.9. The smallest absolute Gasteiger partial charge is 0.248 e. The van der Waals surface area contributed by atoms with Crippen LogP contribution in [0.5, 0.6) is 0 Å². The highest BCUT2D eigenvalue weighted by atomic mass is 16.3. The van der Waals surface area contributed by atoms with E-state index in [0.29, 0.717) is 32.5 Å². The summed E-state index contributed by atoms with van der Waals surface area (Å²) in [6.45, 7) is 4.09. The normalized spacial score (nSPS) is 23.9. The lowest BCUT2D eigenvalue weighted by Crippen LogP contribution is -2.75. The van der Waals surface area contributed by atoms with Gasteiger partial charge in [-0.3, -0.25) is 14.5 Å². The van der Waals surface area contributed by atoms with E-state index in [1.54, 1.807) is 0 Å². The maximum atomic E-state index is 14.0. The molecule has 0 bridgehead atoms. The molecule has 0 radical (unpaired) electrons. The molecule has 0 aromatic heterocycles. The maximum absolute atomic E-state index is 14.0. The average molecular weight is 544 g/mol. The van der Waals surface area contributed by atoms with Gasteiger partial charge in [0.2, 0.25) is 11.8 Å². The van der Waals surface area contributed by atoms with E-state index in [-0.39, 0.29) is 23.8 Å². The molecule has 2 aromatic carbocycles. The van der Waals surface area contributed by atoms with Gasteiger partial charge >= 0.3 is 0 Å². The van der Waals surface area contributed by atoms with Crippen LogP contribution >= 0.6 is 0 Å². The Morgan fingerprint density at radius 2 is 1.62 bits per heavy atom. The summed E-state index contributed by atoms with van der Waals surface area (Å²) < 4.78 is 0. The molecule has 6 heteroatoms. The molecule has 1 aliphatic carbocycles. The van der Waals surface area contributed by atoms with Crippen LogP contribution in [0.4, 0.5) is 0 Å². The summed E-state index contributed by atoms with van der Waals surface area (Å²) >= 11 is 0. The molecule has 214 valence electrons. The van der Waals surface area contributed by atoms with Crippen molar-refractivity contribution in [3.05, 3.63) is 77.9 Å². The van der Waals surface area contributed by atoms with Crippen LogP contribution in [0.1, 0.15) is 81.9 Å². The predicted octanol–water partition coefficient (Wildman–Crippen LogP) is 5.34. The first-order valence-corrected chi connectivity index (χ1v) is 15.4. The van der Waals surface area contributed by atoms with E-state index < -0.39 is 17.7 Å². The second-order valence-corrected chi connectivity index (χ2v) is 11.9. The van der Waals surface area contributed by atoms with Crippen molar-refractivity contribution < 1.29 is 14.7 Å². The Bertz CT molecular complexity index is 1140. The molecule has 6 nitrogen and oxygen atoms in total. The first kappa shape index (κ1) is 28.6. The molecule has 1 saturated carbocycles. The number of hydrogen-bond acceptors (Lipinski definition) is 4. The minimum absolute atomic E-state index is 0.0751. The third kappa shape index (κ3) is 6.03. The minimum atomic E-state index is -0.851. The van der Waals surface area contributed by atoms with E-state index >= 15 is 0 Å². The quantitative estimate of drug-likeness (QED) is 0.448. The summed E-state index contributed by atoms with van der Waals surface area (Å²) in [5, 5.41) is 14.3. The number of piperazine rings is 1. The third-order valence-electron chi connectivity index (χ3n) is 9.40. The average Bonchev–Trinajstić information content (AvgIpc) is 3.01. The summed E-state index contributed by atoms with van der Waals surface area (Å²) in [7, 11) is 0. The Kier molecular flexibility index (Phi) is 9.38. The standard InChI is InChI=1S/C34H45N3O3/c1-2-3-23-37-32(39)30(31(38)28-17-11-6-12-18-28)35-33(40)34(37)21-24-36(25-22-34)29(27-15-9-5-10-16-27)20-19-26-13-7-4-8-14-26/h4-5,7-10,13-16,19-20,28-31,38H,2-3,6,11-12,17-18,21-25H2,1H3,(H,35,40)/b20-19+/t29?,30-,31-/m1/s1. The van der Waals surface area contributed by atoms with Crippen molar-refractivity contribution in [2.45, 2.75) is 88.4 Å². The number of unbranched alkanes of at least 4 members (excludes halogenated alkanes) is 1. The number of aliphatic hydroxyl groups is 1. The first-order chi connectivity index (χ1) is 19.5. The number of piperidine rings is 1. The number of amides is 2. The van der Waals surface area contributed by atoms with E-state index in [1.807, 2.05) is 29.2 Å². The second kappa shape index (κ2) is 13.1. The van der Waals surface area contributed by atoms with Crippen molar-refractivity contribution in [3.8, 4) is 0 Å². The summed E-state index contributed by atoms with van der Waals surface area (Å²) in [5.41, 5.74) is 1.52. The zero-order valence-electron chi connectivity index (χ0n) is 23.9. The van der Waals surface area contributed by atoms with Crippen molar-refractivity contribution in [1.82, 2.24) is 15.1 Å². The Balaban J connectivity index is 1.35. The Labute approximate surface area is 239 Å².